The molecule has 0 radical (unpaired) electrons. The Morgan fingerprint density at radius 3 is 2.36 bits per heavy atom. The summed E-state index contributed by atoms with van der Waals surface area (Å²) < 4.78 is 1.83. The monoisotopic (exact) mass is 379 g/mol. The molecule has 0 spiro atoms. The second-order valence-corrected chi connectivity index (χ2v) is 8.55. The largest absolute Gasteiger partial charge is 0.481 e. The van der Waals surface area contributed by atoms with Crippen molar-refractivity contribution >= 4 is 11.6 Å². The Morgan fingerprint density at radius 2 is 1.82 bits per heavy atom. The van der Waals surface area contributed by atoms with Gasteiger partial charge >= 0.3 is 5.97 Å². The minimum absolute atomic E-state index is 0.123. The lowest BCUT2D eigenvalue weighted by molar-refractivity contribution is -0.139. The van der Waals surface area contributed by atoms with Crippen LogP contribution in [0.15, 0.2) is 30.3 Å². The highest BCUT2D eigenvalue weighted by Gasteiger charge is 2.29. The number of fused-ring (bicyclic) bond motifs is 1. The van der Waals surface area contributed by atoms with Crippen molar-refractivity contribution in [1.82, 2.24) is 14.6 Å². The van der Waals surface area contributed by atoms with Gasteiger partial charge in [-0.1, -0.05) is 63.9 Å². The van der Waals surface area contributed by atoms with E-state index in [4.69, 9.17) is 10.1 Å². The molecule has 0 saturated heterocycles. The number of nitrogens with zero attached hydrogens (tertiary/aromatic N) is 3. The van der Waals surface area contributed by atoms with Crippen molar-refractivity contribution in [2.45, 2.75) is 65.7 Å². The SMILES string of the molecule is CCCC(C(=O)O)c1c(C)nc2cc(C(C)(C)C)nn2c1-c1ccc(C)cc1. The van der Waals surface area contributed by atoms with Crippen LogP contribution in [0.4, 0.5) is 0 Å². The van der Waals surface area contributed by atoms with Crippen LogP contribution in [-0.4, -0.2) is 25.7 Å². The smallest absolute Gasteiger partial charge is 0.311 e. The van der Waals surface area contributed by atoms with Gasteiger partial charge in [-0.15, -0.1) is 0 Å². The number of carboxylic acid groups (broad SMARTS) is 1. The summed E-state index contributed by atoms with van der Waals surface area (Å²) in [5.74, 6) is -1.43. The zero-order valence-electron chi connectivity index (χ0n) is 17.6. The lowest BCUT2D eigenvalue weighted by Gasteiger charge is -2.20. The highest BCUT2D eigenvalue weighted by Crippen LogP contribution is 2.35. The summed E-state index contributed by atoms with van der Waals surface area (Å²) in [5, 5.41) is 14.8. The van der Waals surface area contributed by atoms with Gasteiger partial charge in [0, 0.05) is 28.3 Å². The Hall–Kier alpha value is -2.69. The maximum Gasteiger partial charge on any atom is 0.311 e. The molecular formula is C23H29N3O2. The lowest BCUT2D eigenvalue weighted by atomic mass is 9.89. The average Bonchev–Trinajstić information content (AvgIpc) is 3.03. The van der Waals surface area contributed by atoms with Crippen LogP contribution in [-0.2, 0) is 10.2 Å². The Bertz CT molecular complexity index is 1010. The van der Waals surface area contributed by atoms with E-state index < -0.39 is 11.9 Å². The molecular weight excluding hydrogens is 350 g/mol. The summed E-state index contributed by atoms with van der Waals surface area (Å²) in [7, 11) is 0. The molecule has 1 atom stereocenters. The average molecular weight is 380 g/mol. The third-order valence-electron chi connectivity index (χ3n) is 5.15. The highest BCUT2D eigenvalue weighted by molar-refractivity contribution is 5.81. The molecule has 0 aliphatic heterocycles. The van der Waals surface area contributed by atoms with Crippen molar-refractivity contribution in [2.75, 3.05) is 0 Å². The summed E-state index contributed by atoms with van der Waals surface area (Å²) in [4.78, 5) is 16.9. The molecule has 148 valence electrons. The third kappa shape index (κ3) is 3.66. The van der Waals surface area contributed by atoms with Gasteiger partial charge in [-0.05, 0) is 20.3 Å². The maximum atomic E-state index is 12.1. The molecule has 1 aromatic carbocycles. The maximum absolute atomic E-state index is 12.1. The number of hydrogen-bond donors (Lipinski definition) is 1. The fourth-order valence-electron chi connectivity index (χ4n) is 3.59. The molecule has 5 heteroatoms. The van der Waals surface area contributed by atoms with Gasteiger partial charge in [0.25, 0.3) is 0 Å². The van der Waals surface area contributed by atoms with E-state index in [0.29, 0.717) is 6.42 Å². The minimum Gasteiger partial charge on any atom is -0.481 e. The molecule has 0 bridgehead atoms. The van der Waals surface area contributed by atoms with Crippen LogP contribution in [0.1, 0.15) is 69.0 Å². The number of benzene rings is 1. The van der Waals surface area contributed by atoms with Crippen LogP contribution < -0.4 is 0 Å². The van der Waals surface area contributed by atoms with Gasteiger partial charge in [0.1, 0.15) is 0 Å². The zero-order valence-corrected chi connectivity index (χ0v) is 17.6. The van der Waals surface area contributed by atoms with E-state index in [9.17, 15) is 9.90 Å². The number of aromatic nitrogens is 3. The molecule has 5 nitrogen and oxygen atoms in total. The van der Waals surface area contributed by atoms with Gasteiger partial charge in [0.15, 0.2) is 5.65 Å². The van der Waals surface area contributed by atoms with Gasteiger partial charge in [-0.25, -0.2) is 9.50 Å². The Balaban J connectivity index is 2.40. The van der Waals surface area contributed by atoms with E-state index in [1.807, 2.05) is 55.6 Å². The number of aryl methyl sites for hydroxylation is 2. The van der Waals surface area contributed by atoms with Gasteiger partial charge in [-0.2, -0.15) is 5.10 Å². The molecule has 3 aromatic rings. The first-order valence-electron chi connectivity index (χ1n) is 9.84. The molecule has 28 heavy (non-hydrogen) atoms. The second kappa shape index (κ2) is 7.38. The number of aliphatic carboxylic acids is 1. The van der Waals surface area contributed by atoms with Gasteiger partial charge in [0.2, 0.25) is 0 Å². The summed E-state index contributed by atoms with van der Waals surface area (Å²) in [6.07, 6.45) is 1.35. The first kappa shape index (κ1) is 20.1. The molecule has 3 rings (SSSR count). The Morgan fingerprint density at radius 1 is 1.18 bits per heavy atom. The van der Waals surface area contributed by atoms with E-state index in [1.54, 1.807) is 0 Å². The number of carboxylic acids is 1. The summed E-state index contributed by atoms with van der Waals surface area (Å²) in [6.45, 7) is 12.3. The molecule has 0 amide bonds. The van der Waals surface area contributed by atoms with E-state index in [0.717, 1.165) is 45.8 Å². The van der Waals surface area contributed by atoms with Crippen LogP contribution >= 0.6 is 0 Å². The summed E-state index contributed by atoms with van der Waals surface area (Å²) in [6, 6.07) is 10.2. The van der Waals surface area contributed by atoms with Crippen LogP contribution in [0.25, 0.3) is 16.9 Å². The number of carbonyl (C=O) groups is 1. The van der Waals surface area contributed by atoms with E-state index in [-0.39, 0.29) is 5.41 Å². The van der Waals surface area contributed by atoms with E-state index in [2.05, 4.69) is 20.8 Å². The third-order valence-corrected chi connectivity index (χ3v) is 5.15. The first-order valence-corrected chi connectivity index (χ1v) is 9.84. The predicted octanol–water partition coefficient (Wildman–Crippen LogP) is 5.28. The highest BCUT2D eigenvalue weighted by atomic mass is 16.4. The van der Waals surface area contributed by atoms with Crippen molar-refractivity contribution in [2.24, 2.45) is 0 Å². The molecule has 0 saturated carbocycles. The van der Waals surface area contributed by atoms with Crippen LogP contribution in [0.2, 0.25) is 0 Å². The van der Waals surface area contributed by atoms with Crippen molar-refractivity contribution in [3.8, 4) is 11.3 Å². The fraction of sp³-hybridized carbons (Fsp3) is 0.435. The standard InChI is InChI=1S/C23H29N3O2/c1-7-8-17(22(27)28)20-15(3)24-19-13-18(23(4,5)6)25-26(19)21(20)16-11-9-14(2)10-12-16/h9-13,17H,7-8H2,1-6H3,(H,27,28). The van der Waals surface area contributed by atoms with E-state index in [1.165, 1.54) is 0 Å². The lowest BCUT2D eigenvalue weighted by Crippen LogP contribution is -2.17. The van der Waals surface area contributed by atoms with Crippen molar-refractivity contribution in [3.63, 3.8) is 0 Å². The Labute approximate surface area is 166 Å². The van der Waals surface area contributed by atoms with Crippen LogP contribution in [0, 0.1) is 13.8 Å². The van der Waals surface area contributed by atoms with Crippen molar-refractivity contribution in [1.29, 1.82) is 0 Å². The summed E-state index contributed by atoms with van der Waals surface area (Å²) in [5.41, 5.74) is 6.03. The Kier molecular flexibility index (Phi) is 5.28. The molecule has 1 unspecified atom stereocenters. The number of rotatable bonds is 5. The predicted molar refractivity (Wildman–Crippen MR) is 112 cm³/mol. The fourth-order valence-corrected chi connectivity index (χ4v) is 3.59. The normalized spacial score (nSPS) is 13.1. The minimum atomic E-state index is -0.817. The first-order chi connectivity index (χ1) is 13.1. The van der Waals surface area contributed by atoms with Crippen molar-refractivity contribution in [3.05, 3.63) is 52.8 Å². The van der Waals surface area contributed by atoms with Gasteiger partial charge in [0.05, 0.1) is 17.3 Å². The molecule has 0 aliphatic rings. The molecule has 1 N–H and O–H groups in total. The second-order valence-electron chi connectivity index (χ2n) is 8.55. The molecule has 0 aliphatic carbocycles. The summed E-state index contributed by atoms with van der Waals surface area (Å²) >= 11 is 0. The van der Waals surface area contributed by atoms with Crippen LogP contribution in [0.5, 0.6) is 0 Å². The molecule has 2 aromatic heterocycles. The van der Waals surface area contributed by atoms with Gasteiger partial charge in [-0.3, -0.25) is 4.79 Å². The quantitative estimate of drug-likeness (QED) is 0.655. The van der Waals surface area contributed by atoms with Crippen LogP contribution in [0.3, 0.4) is 0 Å². The van der Waals surface area contributed by atoms with Gasteiger partial charge < -0.3 is 5.11 Å². The molecule has 0 fully saturated rings. The number of hydrogen-bond acceptors (Lipinski definition) is 3. The zero-order chi connectivity index (χ0) is 20.6. The topological polar surface area (TPSA) is 67.5 Å². The van der Waals surface area contributed by atoms with Crippen molar-refractivity contribution < 1.29 is 9.90 Å². The van der Waals surface area contributed by atoms with E-state index >= 15 is 0 Å². The molecule has 2 heterocycles.